The minimum absolute atomic E-state index is 0.492. The predicted molar refractivity (Wildman–Crippen MR) is 71.7 cm³/mol. The van der Waals surface area contributed by atoms with Gasteiger partial charge in [-0.15, -0.1) is 0 Å². The third-order valence-electron chi connectivity index (χ3n) is 3.12. The van der Waals surface area contributed by atoms with E-state index in [0.29, 0.717) is 22.1 Å². The molecule has 0 radical (unpaired) electrons. The minimum atomic E-state index is 0.492. The Morgan fingerprint density at radius 2 is 1.44 bits per heavy atom. The van der Waals surface area contributed by atoms with E-state index in [9.17, 15) is 0 Å². The Morgan fingerprint density at radius 1 is 0.875 bits per heavy atom. The first-order valence-electron chi connectivity index (χ1n) is 4.97. The fraction of sp³-hybridized carbons (Fsp3) is 0.167. The van der Waals surface area contributed by atoms with Gasteiger partial charge in [0.25, 0.3) is 0 Å². The summed E-state index contributed by atoms with van der Waals surface area (Å²) < 4.78 is 0. The van der Waals surface area contributed by atoms with Gasteiger partial charge < -0.3 is 17.2 Å². The van der Waals surface area contributed by atoms with Crippen LogP contribution < -0.4 is 17.2 Å². The van der Waals surface area contributed by atoms with Gasteiger partial charge in [0.1, 0.15) is 0 Å². The van der Waals surface area contributed by atoms with Gasteiger partial charge in [0.15, 0.2) is 0 Å². The van der Waals surface area contributed by atoms with Gasteiger partial charge in [0.05, 0.1) is 10.7 Å². The predicted octanol–water partition coefficient (Wildman–Crippen LogP) is 2.86. The molecule has 0 saturated carbocycles. The molecule has 16 heavy (non-hydrogen) atoms. The van der Waals surface area contributed by atoms with Gasteiger partial charge in [-0.3, -0.25) is 0 Å². The van der Waals surface area contributed by atoms with Crippen molar-refractivity contribution in [2.24, 2.45) is 0 Å². The van der Waals surface area contributed by atoms with Crippen LogP contribution in [0.15, 0.2) is 12.1 Å². The van der Waals surface area contributed by atoms with E-state index in [1.807, 2.05) is 19.9 Å². The highest BCUT2D eigenvalue weighted by Crippen LogP contribution is 2.39. The summed E-state index contributed by atoms with van der Waals surface area (Å²) in [6.07, 6.45) is 0. The van der Waals surface area contributed by atoms with Crippen molar-refractivity contribution in [3.8, 4) is 0 Å². The summed E-state index contributed by atoms with van der Waals surface area (Å²) in [5.74, 6) is 0. The average Bonchev–Trinajstić information content (AvgIpc) is 2.27. The Bertz CT molecular complexity index is 591. The lowest BCUT2D eigenvalue weighted by molar-refractivity contribution is 1.37. The number of hydrogen-bond donors (Lipinski definition) is 3. The number of benzene rings is 2. The lowest BCUT2D eigenvalue weighted by Gasteiger charge is -2.15. The molecule has 6 N–H and O–H groups in total. The number of nitrogens with two attached hydrogens (primary N) is 3. The first-order chi connectivity index (χ1) is 7.45. The van der Waals surface area contributed by atoms with Crippen LogP contribution in [0.3, 0.4) is 0 Å². The molecule has 0 unspecified atom stereocenters. The first kappa shape index (κ1) is 10.9. The lowest BCUT2D eigenvalue weighted by atomic mass is 9.97. The highest BCUT2D eigenvalue weighted by molar-refractivity contribution is 6.35. The van der Waals surface area contributed by atoms with Crippen LogP contribution in [0.5, 0.6) is 0 Å². The van der Waals surface area contributed by atoms with Crippen molar-refractivity contribution in [3.63, 3.8) is 0 Å². The smallest absolute Gasteiger partial charge is 0.0642 e. The van der Waals surface area contributed by atoms with Crippen LogP contribution in [0, 0.1) is 13.8 Å². The molecular weight excluding hydrogens is 222 g/mol. The zero-order valence-corrected chi connectivity index (χ0v) is 10.0. The molecular formula is C12H14ClN3. The molecule has 0 aliphatic carbocycles. The average molecular weight is 236 g/mol. The van der Waals surface area contributed by atoms with E-state index < -0.39 is 0 Å². The highest BCUT2D eigenvalue weighted by Gasteiger charge is 2.13. The van der Waals surface area contributed by atoms with E-state index in [1.165, 1.54) is 0 Å². The van der Waals surface area contributed by atoms with Crippen LogP contribution >= 0.6 is 11.6 Å². The third-order valence-corrected chi connectivity index (χ3v) is 3.45. The van der Waals surface area contributed by atoms with E-state index in [4.69, 9.17) is 28.8 Å². The second-order valence-corrected chi connectivity index (χ2v) is 4.37. The summed E-state index contributed by atoms with van der Waals surface area (Å²) in [4.78, 5) is 0. The standard InChI is InChI=1S/C12H14ClN3/c1-5-6(2)11(15)9-7(10(5)14)3-4-8(13)12(9)16/h3-4H,14-16H2,1-2H3. The van der Waals surface area contributed by atoms with Crippen LogP contribution in [-0.2, 0) is 0 Å². The van der Waals surface area contributed by atoms with E-state index in [-0.39, 0.29) is 0 Å². The molecule has 0 atom stereocenters. The number of fused-ring (bicyclic) bond motifs is 1. The molecule has 0 aliphatic rings. The normalized spacial score (nSPS) is 10.9. The Balaban J connectivity index is 3.09. The summed E-state index contributed by atoms with van der Waals surface area (Å²) in [5.41, 5.74) is 21.9. The maximum absolute atomic E-state index is 6.06. The van der Waals surface area contributed by atoms with Gasteiger partial charge in [-0.1, -0.05) is 17.7 Å². The number of rotatable bonds is 0. The molecule has 2 rings (SSSR count). The maximum atomic E-state index is 6.06. The van der Waals surface area contributed by atoms with Crippen molar-refractivity contribution in [3.05, 3.63) is 28.3 Å². The van der Waals surface area contributed by atoms with Gasteiger partial charge in [-0.25, -0.2) is 0 Å². The van der Waals surface area contributed by atoms with Crippen molar-refractivity contribution in [1.29, 1.82) is 0 Å². The highest BCUT2D eigenvalue weighted by atomic mass is 35.5. The van der Waals surface area contributed by atoms with Crippen molar-refractivity contribution in [2.45, 2.75) is 13.8 Å². The Kier molecular flexibility index (Phi) is 2.35. The second-order valence-electron chi connectivity index (χ2n) is 3.96. The third kappa shape index (κ3) is 1.28. The minimum Gasteiger partial charge on any atom is -0.398 e. The Labute approximate surface area is 99.2 Å². The van der Waals surface area contributed by atoms with Gasteiger partial charge >= 0.3 is 0 Å². The van der Waals surface area contributed by atoms with Gasteiger partial charge in [-0.2, -0.15) is 0 Å². The molecule has 2 aromatic rings. The summed E-state index contributed by atoms with van der Waals surface area (Å²) in [6.45, 7) is 3.88. The topological polar surface area (TPSA) is 78.1 Å². The number of halogens is 1. The van der Waals surface area contributed by atoms with E-state index in [0.717, 1.165) is 21.9 Å². The summed E-state index contributed by atoms with van der Waals surface area (Å²) in [7, 11) is 0. The van der Waals surface area contributed by atoms with Crippen molar-refractivity contribution in [1.82, 2.24) is 0 Å². The molecule has 0 saturated heterocycles. The van der Waals surface area contributed by atoms with Crippen LogP contribution in [0.4, 0.5) is 17.1 Å². The number of nitrogen functional groups attached to an aromatic ring is 3. The SMILES string of the molecule is Cc1c(C)c(N)c2c(N)c(Cl)ccc2c1N. The molecule has 0 aromatic heterocycles. The van der Waals surface area contributed by atoms with E-state index in [2.05, 4.69) is 0 Å². The Morgan fingerprint density at radius 3 is 2.06 bits per heavy atom. The van der Waals surface area contributed by atoms with Crippen molar-refractivity contribution in [2.75, 3.05) is 17.2 Å². The van der Waals surface area contributed by atoms with Crippen LogP contribution in [0.25, 0.3) is 10.8 Å². The van der Waals surface area contributed by atoms with Crippen LogP contribution in [0.1, 0.15) is 11.1 Å². The van der Waals surface area contributed by atoms with Crippen LogP contribution in [-0.4, -0.2) is 0 Å². The molecule has 0 bridgehead atoms. The fourth-order valence-corrected chi connectivity index (χ4v) is 2.06. The molecule has 2 aromatic carbocycles. The summed E-state index contributed by atoms with van der Waals surface area (Å²) >= 11 is 5.98. The molecule has 0 aliphatic heterocycles. The summed E-state index contributed by atoms with van der Waals surface area (Å²) in [5, 5.41) is 2.12. The maximum Gasteiger partial charge on any atom is 0.0642 e. The molecule has 4 heteroatoms. The van der Waals surface area contributed by atoms with Gasteiger partial charge in [-0.05, 0) is 31.0 Å². The van der Waals surface area contributed by atoms with Crippen molar-refractivity contribution >= 4 is 39.4 Å². The largest absolute Gasteiger partial charge is 0.398 e. The molecule has 0 fully saturated rings. The molecule has 0 heterocycles. The number of hydrogen-bond acceptors (Lipinski definition) is 3. The summed E-state index contributed by atoms with van der Waals surface area (Å²) in [6, 6.07) is 3.59. The zero-order chi connectivity index (χ0) is 12.0. The Hall–Kier alpha value is -1.61. The molecule has 84 valence electrons. The second kappa shape index (κ2) is 3.46. The van der Waals surface area contributed by atoms with Crippen LogP contribution in [0.2, 0.25) is 5.02 Å². The quantitative estimate of drug-likeness (QED) is 0.615. The molecule has 0 spiro atoms. The fourth-order valence-electron chi connectivity index (χ4n) is 1.90. The molecule has 0 amide bonds. The van der Waals surface area contributed by atoms with E-state index >= 15 is 0 Å². The molecule has 3 nitrogen and oxygen atoms in total. The monoisotopic (exact) mass is 235 g/mol. The van der Waals surface area contributed by atoms with E-state index in [1.54, 1.807) is 6.07 Å². The lowest BCUT2D eigenvalue weighted by Crippen LogP contribution is -2.02. The first-order valence-corrected chi connectivity index (χ1v) is 5.34. The number of anilines is 3. The zero-order valence-electron chi connectivity index (χ0n) is 9.26. The van der Waals surface area contributed by atoms with Gasteiger partial charge in [0.2, 0.25) is 0 Å². The van der Waals surface area contributed by atoms with Crippen molar-refractivity contribution < 1.29 is 0 Å². The van der Waals surface area contributed by atoms with Gasteiger partial charge in [0, 0.05) is 22.1 Å².